The van der Waals surface area contributed by atoms with E-state index in [0.29, 0.717) is 38.1 Å². The Balaban J connectivity index is 1.68. The number of fused-ring (bicyclic) bond motifs is 1. The molecule has 1 atom stereocenters. The maximum absolute atomic E-state index is 13.3. The summed E-state index contributed by atoms with van der Waals surface area (Å²) in [4.78, 5) is 19.3. The number of aromatic hydroxyl groups is 1. The summed E-state index contributed by atoms with van der Waals surface area (Å²) >= 11 is 3.67. The topological polar surface area (TPSA) is 84.1 Å². The summed E-state index contributed by atoms with van der Waals surface area (Å²) in [5.41, 5.74) is 2.79. The minimum absolute atomic E-state index is 0.109. The van der Waals surface area contributed by atoms with E-state index in [-0.39, 0.29) is 17.1 Å². The third kappa shape index (κ3) is 5.33. The van der Waals surface area contributed by atoms with Crippen LogP contribution < -0.4 is 10.1 Å². The zero-order chi connectivity index (χ0) is 24.5. The molecule has 0 bridgehead atoms. The molecule has 6 nitrogen and oxygen atoms in total. The number of aliphatic imine (C=N–C) groups is 1. The number of phenolic OH excluding ortho intramolecular Hbond substituents is 1. The van der Waals surface area contributed by atoms with E-state index < -0.39 is 0 Å². The minimum atomic E-state index is -0.131. The molecule has 3 aromatic rings. The quantitative estimate of drug-likeness (QED) is 0.253. The molecule has 0 saturated carbocycles. The third-order valence-corrected chi connectivity index (χ3v) is 8.29. The number of hydrogen-bond acceptors (Lipinski definition) is 6. The van der Waals surface area contributed by atoms with E-state index in [1.54, 1.807) is 29.9 Å². The monoisotopic (exact) mass is 592 g/mol. The number of benzene rings is 1. The fraction of sp³-hybridized carbons (Fsp3) is 0.385. The second kappa shape index (κ2) is 10.1. The lowest BCUT2D eigenvalue weighted by Crippen LogP contribution is -2.28. The molecule has 0 radical (unpaired) electrons. The number of carbonyl (C=O) groups is 1. The van der Waals surface area contributed by atoms with Crippen molar-refractivity contribution >= 4 is 51.1 Å². The Kier molecular flexibility index (Phi) is 7.37. The van der Waals surface area contributed by atoms with Crippen LogP contribution in [0.5, 0.6) is 11.5 Å². The number of ether oxygens (including phenoxy) is 1. The number of nitrogens with one attached hydrogen (secondary N) is 1. The smallest absolute Gasteiger partial charge is 0.255 e. The van der Waals surface area contributed by atoms with Gasteiger partial charge in [0.05, 0.1) is 29.1 Å². The van der Waals surface area contributed by atoms with E-state index in [1.807, 2.05) is 18.2 Å². The van der Waals surface area contributed by atoms with Crippen LogP contribution in [0.4, 0.5) is 5.00 Å². The molecule has 0 fully saturated rings. The molecule has 2 N–H and O–H groups in total. The van der Waals surface area contributed by atoms with Gasteiger partial charge in [0.25, 0.3) is 5.91 Å². The second-order valence-electron chi connectivity index (χ2n) is 9.56. The van der Waals surface area contributed by atoms with E-state index in [0.717, 1.165) is 30.4 Å². The summed E-state index contributed by atoms with van der Waals surface area (Å²) in [7, 11) is 1.52. The highest BCUT2D eigenvalue weighted by Gasteiger charge is 2.33. The summed E-state index contributed by atoms with van der Waals surface area (Å²) in [5, 5.41) is 13.8. The lowest BCUT2D eigenvalue weighted by atomic mass is 9.72. The molecule has 34 heavy (non-hydrogen) atoms. The average Bonchev–Trinajstić information content (AvgIpc) is 3.44. The number of rotatable bonds is 6. The van der Waals surface area contributed by atoms with Crippen LogP contribution in [0.15, 0.2) is 39.9 Å². The molecular weight excluding hydrogens is 563 g/mol. The van der Waals surface area contributed by atoms with Gasteiger partial charge in [-0.3, -0.25) is 4.79 Å². The van der Waals surface area contributed by atoms with Crippen LogP contribution in [0.25, 0.3) is 0 Å². The van der Waals surface area contributed by atoms with Gasteiger partial charge in [-0.25, -0.2) is 4.99 Å². The fourth-order valence-corrected chi connectivity index (χ4v) is 6.16. The molecule has 1 aliphatic carbocycles. The van der Waals surface area contributed by atoms with Gasteiger partial charge in [-0.05, 0) is 88.6 Å². The molecule has 0 aliphatic heterocycles. The van der Waals surface area contributed by atoms with E-state index in [2.05, 4.69) is 48.7 Å². The van der Waals surface area contributed by atoms with E-state index in [1.165, 1.54) is 12.0 Å². The fourth-order valence-electron chi connectivity index (χ4n) is 4.26. The van der Waals surface area contributed by atoms with Gasteiger partial charge in [0.15, 0.2) is 11.5 Å². The number of phenols is 1. The van der Waals surface area contributed by atoms with Gasteiger partial charge in [0.2, 0.25) is 0 Å². The molecular formula is C26H29IN2O4S. The van der Waals surface area contributed by atoms with Crippen LogP contribution in [0, 0.1) is 14.9 Å². The van der Waals surface area contributed by atoms with Crippen LogP contribution in [-0.2, 0) is 19.4 Å². The first-order valence-electron chi connectivity index (χ1n) is 11.2. The first-order chi connectivity index (χ1) is 16.2. The zero-order valence-corrected chi connectivity index (χ0v) is 22.7. The Morgan fingerprint density at radius 2 is 2.21 bits per heavy atom. The first kappa shape index (κ1) is 24.8. The molecule has 0 unspecified atom stereocenters. The zero-order valence-electron chi connectivity index (χ0n) is 19.8. The van der Waals surface area contributed by atoms with Gasteiger partial charge in [-0.2, -0.15) is 0 Å². The maximum atomic E-state index is 13.3. The van der Waals surface area contributed by atoms with Gasteiger partial charge >= 0.3 is 0 Å². The molecule has 2 aromatic heterocycles. The van der Waals surface area contributed by atoms with Crippen LogP contribution in [-0.4, -0.2) is 24.3 Å². The summed E-state index contributed by atoms with van der Waals surface area (Å²) in [6.45, 7) is 7.18. The number of halogens is 1. The Morgan fingerprint density at radius 3 is 2.88 bits per heavy atom. The largest absolute Gasteiger partial charge is 0.504 e. The highest BCUT2D eigenvalue weighted by atomic mass is 127. The van der Waals surface area contributed by atoms with Crippen molar-refractivity contribution in [1.29, 1.82) is 0 Å². The number of methoxy groups -OCH3 is 1. The van der Waals surface area contributed by atoms with Crippen molar-refractivity contribution in [2.45, 2.75) is 46.6 Å². The first-order valence-corrected chi connectivity index (χ1v) is 13.1. The second-order valence-corrected chi connectivity index (χ2v) is 11.8. The predicted octanol–water partition coefficient (Wildman–Crippen LogP) is 6.49. The summed E-state index contributed by atoms with van der Waals surface area (Å²) in [5.74, 6) is 1.65. The van der Waals surface area contributed by atoms with Crippen LogP contribution in [0.1, 0.15) is 59.3 Å². The molecule has 1 aliphatic rings. The van der Waals surface area contributed by atoms with E-state index in [9.17, 15) is 9.90 Å². The number of furan rings is 1. The van der Waals surface area contributed by atoms with Gasteiger partial charge in [0, 0.05) is 11.1 Å². The highest BCUT2D eigenvalue weighted by molar-refractivity contribution is 14.1. The lowest BCUT2D eigenvalue weighted by Gasteiger charge is -2.33. The third-order valence-electron chi connectivity index (χ3n) is 6.30. The van der Waals surface area contributed by atoms with Crippen LogP contribution in [0.3, 0.4) is 0 Å². The molecule has 180 valence electrons. The molecule has 4 rings (SSSR count). The van der Waals surface area contributed by atoms with Crippen molar-refractivity contribution in [2.24, 2.45) is 16.3 Å². The SMILES string of the molecule is COc1cc(C=Nc2sc3c(c2C(=O)NCc2ccco2)CC[C@H](C(C)(C)C)C3)cc(I)c1O. The van der Waals surface area contributed by atoms with Gasteiger partial charge in [-0.15, -0.1) is 11.3 Å². The molecule has 0 spiro atoms. The van der Waals surface area contributed by atoms with E-state index in [4.69, 9.17) is 14.1 Å². The van der Waals surface area contributed by atoms with Crippen LogP contribution >= 0.6 is 33.9 Å². The van der Waals surface area contributed by atoms with Crippen molar-refractivity contribution in [1.82, 2.24) is 5.32 Å². The van der Waals surface area contributed by atoms with Crippen molar-refractivity contribution in [3.63, 3.8) is 0 Å². The average molecular weight is 592 g/mol. The predicted molar refractivity (Wildman–Crippen MR) is 144 cm³/mol. The molecule has 0 saturated heterocycles. The van der Waals surface area contributed by atoms with Crippen molar-refractivity contribution in [3.05, 3.63) is 61.4 Å². The van der Waals surface area contributed by atoms with Crippen molar-refractivity contribution in [2.75, 3.05) is 7.11 Å². The van der Waals surface area contributed by atoms with Gasteiger partial charge in [-0.1, -0.05) is 20.8 Å². The normalized spacial score (nSPS) is 16.0. The summed E-state index contributed by atoms with van der Waals surface area (Å²) in [6.07, 6.45) is 6.22. The van der Waals surface area contributed by atoms with Gasteiger partial charge in [0.1, 0.15) is 10.8 Å². The van der Waals surface area contributed by atoms with Crippen molar-refractivity contribution < 1.29 is 19.1 Å². The molecule has 1 amide bonds. The maximum Gasteiger partial charge on any atom is 0.255 e. The molecule has 2 heterocycles. The highest BCUT2D eigenvalue weighted by Crippen LogP contribution is 2.45. The Hall–Kier alpha value is -2.33. The standard InChI is InChI=1S/C26H29IN2O4S/c1-26(2,3)16-7-8-18-21(12-16)34-25(22(18)24(31)28-14-17-6-5-9-33-17)29-13-15-10-19(27)23(30)20(11-15)32-4/h5-6,9-11,13,16,30H,7-8,12,14H2,1-4H3,(H,28,31)/t16-/m0/s1. The Morgan fingerprint density at radius 1 is 1.41 bits per heavy atom. The number of carbonyl (C=O) groups excluding carboxylic acids is 1. The van der Waals surface area contributed by atoms with Crippen molar-refractivity contribution in [3.8, 4) is 11.5 Å². The Bertz CT molecular complexity index is 1210. The minimum Gasteiger partial charge on any atom is -0.504 e. The van der Waals surface area contributed by atoms with Crippen LogP contribution in [0.2, 0.25) is 0 Å². The lowest BCUT2D eigenvalue weighted by molar-refractivity contribution is 0.0947. The number of amides is 1. The summed E-state index contributed by atoms with van der Waals surface area (Å²) < 4.78 is 11.3. The summed E-state index contributed by atoms with van der Waals surface area (Å²) in [6, 6.07) is 7.22. The molecule has 8 heteroatoms. The molecule has 1 aromatic carbocycles. The van der Waals surface area contributed by atoms with E-state index >= 15 is 0 Å². The number of thiophene rings is 1. The van der Waals surface area contributed by atoms with Gasteiger partial charge < -0.3 is 19.6 Å². The Labute approximate surface area is 217 Å². The number of nitrogens with zero attached hydrogens (tertiary/aromatic N) is 1. The number of hydrogen-bond donors (Lipinski definition) is 2.